The monoisotopic (exact) mass is 383 g/mol. The van der Waals surface area contributed by atoms with Crippen molar-refractivity contribution >= 4 is 23.2 Å². The van der Waals surface area contributed by atoms with Gasteiger partial charge in [0, 0.05) is 13.1 Å². The van der Waals surface area contributed by atoms with Gasteiger partial charge in [0.25, 0.3) is 5.78 Å². The van der Waals surface area contributed by atoms with Crippen LogP contribution in [0.15, 0.2) is 30.6 Å². The van der Waals surface area contributed by atoms with Crippen LogP contribution >= 0.6 is 11.6 Å². The largest absolute Gasteiger partial charge is 0.356 e. The van der Waals surface area contributed by atoms with Crippen molar-refractivity contribution in [1.82, 2.24) is 19.6 Å². The highest BCUT2D eigenvalue weighted by atomic mass is 35.5. The van der Waals surface area contributed by atoms with Gasteiger partial charge in [0.2, 0.25) is 0 Å². The molecule has 1 saturated heterocycles. The Kier molecular flexibility index (Phi) is 4.58. The normalized spacial score (nSPS) is 16.3. The number of halogens is 1. The van der Waals surface area contributed by atoms with Crippen LogP contribution < -0.4 is 4.90 Å². The summed E-state index contributed by atoms with van der Waals surface area (Å²) in [5.74, 6) is 2.29. The molecule has 0 radical (unpaired) electrons. The summed E-state index contributed by atoms with van der Waals surface area (Å²) in [4.78, 5) is 11.1. The van der Waals surface area contributed by atoms with E-state index in [1.165, 1.54) is 18.4 Å². The molecule has 0 atom stereocenters. The molecular formula is C21H26ClN5. The average Bonchev–Trinajstić information content (AvgIpc) is 3.09. The summed E-state index contributed by atoms with van der Waals surface area (Å²) in [6.07, 6.45) is 3.87. The molecule has 3 aromatic rings. The average molecular weight is 384 g/mol. The Bertz CT molecular complexity index is 947. The van der Waals surface area contributed by atoms with Crippen molar-refractivity contribution in [1.29, 1.82) is 0 Å². The van der Waals surface area contributed by atoms with E-state index in [1.54, 1.807) is 6.33 Å². The van der Waals surface area contributed by atoms with Gasteiger partial charge < -0.3 is 4.90 Å². The highest BCUT2D eigenvalue weighted by Gasteiger charge is 2.25. The Morgan fingerprint density at radius 3 is 2.37 bits per heavy atom. The zero-order valence-corrected chi connectivity index (χ0v) is 17.2. The summed E-state index contributed by atoms with van der Waals surface area (Å²) in [5, 5.41) is 4.92. The lowest BCUT2D eigenvalue weighted by molar-refractivity contribution is 0.435. The van der Waals surface area contributed by atoms with E-state index in [1.807, 2.05) is 4.52 Å². The first-order valence-corrected chi connectivity index (χ1v) is 9.97. The van der Waals surface area contributed by atoms with Crippen molar-refractivity contribution in [3.8, 4) is 11.1 Å². The lowest BCUT2D eigenvalue weighted by Crippen LogP contribution is -2.34. The minimum absolute atomic E-state index is 0.113. The molecule has 0 N–H and O–H groups in total. The van der Waals surface area contributed by atoms with Crippen LogP contribution in [0.2, 0.25) is 5.15 Å². The molecular weight excluding hydrogens is 358 g/mol. The van der Waals surface area contributed by atoms with Crippen LogP contribution in [0.3, 0.4) is 0 Å². The van der Waals surface area contributed by atoms with E-state index >= 15 is 0 Å². The summed E-state index contributed by atoms with van der Waals surface area (Å²) >= 11 is 6.66. The summed E-state index contributed by atoms with van der Waals surface area (Å²) in [6, 6.07) is 8.64. The SMILES string of the molecule is CC1CCN(c2c(-c3ccc(C(C)(C)C)cc3)c(Cl)nc3ncnn23)CC1. The van der Waals surface area contributed by atoms with E-state index in [2.05, 4.69) is 71.9 Å². The molecule has 5 nitrogen and oxygen atoms in total. The highest BCUT2D eigenvalue weighted by molar-refractivity contribution is 6.33. The van der Waals surface area contributed by atoms with Gasteiger partial charge in [-0.3, -0.25) is 0 Å². The molecule has 1 aliphatic rings. The number of hydrogen-bond acceptors (Lipinski definition) is 4. The van der Waals surface area contributed by atoms with Gasteiger partial charge in [-0.2, -0.15) is 19.6 Å². The molecule has 1 aromatic carbocycles. The molecule has 0 unspecified atom stereocenters. The Hall–Kier alpha value is -2.14. The van der Waals surface area contributed by atoms with E-state index < -0.39 is 0 Å². The third-order valence-electron chi connectivity index (χ3n) is 5.48. The van der Waals surface area contributed by atoms with Gasteiger partial charge in [0.1, 0.15) is 17.3 Å². The second-order valence-corrected chi connectivity index (χ2v) is 8.93. The number of nitrogens with zero attached hydrogens (tertiary/aromatic N) is 5. The van der Waals surface area contributed by atoms with Crippen LogP contribution in [0.1, 0.15) is 46.1 Å². The van der Waals surface area contributed by atoms with Gasteiger partial charge in [-0.05, 0) is 35.3 Å². The van der Waals surface area contributed by atoms with E-state index in [0.29, 0.717) is 10.9 Å². The minimum Gasteiger partial charge on any atom is -0.356 e. The van der Waals surface area contributed by atoms with Crippen molar-refractivity contribution in [2.24, 2.45) is 5.92 Å². The molecule has 0 amide bonds. The van der Waals surface area contributed by atoms with Crippen LogP contribution in [-0.2, 0) is 5.41 Å². The number of anilines is 1. The predicted octanol–water partition coefficient (Wildman–Crippen LogP) is 4.98. The zero-order valence-electron chi connectivity index (χ0n) is 16.4. The quantitative estimate of drug-likeness (QED) is 0.585. The van der Waals surface area contributed by atoms with Crippen molar-refractivity contribution in [2.75, 3.05) is 18.0 Å². The molecule has 0 aliphatic carbocycles. The van der Waals surface area contributed by atoms with E-state index in [0.717, 1.165) is 36.0 Å². The maximum atomic E-state index is 6.66. The number of rotatable bonds is 2. The van der Waals surface area contributed by atoms with Gasteiger partial charge in [-0.15, -0.1) is 0 Å². The fourth-order valence-electron chi connectivity index (χ4n) is 3.70. The number of hydrogen-bond donors (Lipinski definition) is 0. The maximum Gasteiger partial charge on any atom is 0.255 e. The molecule has 0 spiro atoms. The fourth-order valence-corrected chi connectivity index (χ4v) is 3.97. The van der Waals surface area contributed by atoms with Crippen molar-refractivity contribution in [2.45, 2.75) is 46.0 Å². The molecule has 2 aromatic heterocycles. The van der Waals surface area contributed by atoms with Gasteiger partial charge in [0.15, 0.2) is 0 Å². The van der Waals surface area contributed by atoms with Crippen molar-refractivity contribution < 1.29 is 0 Å². The molecule has 3 heterocycles. The van der Waals surface area contributed by atoms with Gasteiger partial charge >= 0.3 is 0 Å². The highest BCUT2D eigenvalue weighted by Crippen LogP contribution is 2.38. The number of piperidine rings is 1. The van der Waals surface area contributed by atoms with Gasteiger partial charge in [-0.25, -0.2) is 0 Å². The zero-order chi connectivity index (χ0) is 19.2. The Morgan fingerprint density at radius 2 is 1.74 bits per heavy atom. The number of fused-ring (bicyclic) bond motifs is 1. The van der Waals surface area contributed by atoms with Crippen LogP contribution in [0.5, 0.6) is 0 Å². The summed E-state index contributed by atoms with van der Waals surface area (Å²) < 4.78 is 1.83. The van der Waals surface area contributed by atoms with Crippen molar-refractivity contribution in [3.63, 3.8) is 0 Å². The van der Waals surface area contributed by atoms with Gasteiger partial charge in [0.05, 0.1) is 5.56 Å². The summed E-state index contributed by atoms with van der Waals surface area (Å²) in [5.41, 5.74) is 3.41. The summed E-state index contributed by atoms with van der Waals surface area (Å²) in [7, 11) is 0. The molecule has 27 heavy (non-hydrogen) atoms. The first-order valence-electron chi connectivity index (χ1n) is 9.59. The first kappa shape index (κ1) is 18.2. The lowest BCUT2D eigenvalue weighted by atomic mass is 9.86. The van der Waals surface area contributed by atoms with E-state index in [-0.39, 0.29) is 5.41 Å². The molecule has 6 heteroatoms. The smallest absolute Gasteiger partial charge is 0.255 e. The topological polar surface area (TPSA) is 46.3 Å². The second-order valence-electron chi connectivity index (χ2n) is 8.57. The predicted molar refractivity (Wildman–Crippen MR) is 111 cm³/mol. The third kappa shape index (κ3) is 3.41. The van der Waals surface area contributed by atoms with E-state index in [4.69, 9.17) is 11.6 Å². The molecule has 1 aliphatic heterocycles. The first-order chi connectivity index (χ1) is 12.8. The van der Waals surface area contributed by atoms with Crippen LogP contribution in [-0.4, -0.2) is 32.7 Å². The number of benzene rings is 1. The van der Waals surface area contributed by atoms with Crippen LogP contribution in [0.25, 0.3) is 16.9 Å². The standard InChI is InChI=1S/C21H26ClN5/c1-14-9-11-26(12-10-14)19-17(18(22)25-20-23-13-24-27(19)20)15-5-7-16(8-6-15)21(2,3)4/h5-8,13-14H,9-12H2,1-4H3. The molecule has 1 fully saturated rings. The third-order valence-corrected chi connectivity index (χ3v) is 5.75. The molecule has 0 bridgehead atoms. The van der Waals surface area contributed by atoms with E-state index in [9.17, 15) is 0 Å². The molecule has 0 saturated carbocycles. The van der Waals surface area contributed by atoms with Crippen LogP contribution in [0, 0.1) is 5.92 Å². The Morgan fingerprint density at radius 1 is 1.07 bits per heavy atom. The molecule has 4 rings (SSSR count). The number of aromatic nitrogens is 4. The molecule has 142 valence electrons. The van der Waals surface area contributed by atoms with Crippen LogP contribution in [0.4, 0.5) is 5.82 Å². The maximum absolute atomic E-state index is 6.66. The summed E-state index contributed by atoms with van der Waals surface area (Å²) in [6.45, 7) is 11.0. The second kappa shape index (κ2) is 6.79. The Balaban J connectivity index is 1.87. The van der Waals surface area contributed by atoms with Gasteiger partial charge in [-0.1, -0.05) is 63.6 Å². The Labute approximate surface area is 165 Å². The fraction of sp³-hybridized carbons (Fsp3) is 0.476. The van der Waals surface area contributed by atoms with Crippen molar-refractivity contribution in [3.05, 3.63) is 41.3 Å². The minimum atomic E-state index is 0.113. The lowest BCUT2D eigenvalue weighted by Gasteiger charge is -2.33.